The fourth-order valence-electron chi connectivity index (χ4n) is 6.33. The third kappa shape index (κ3) is 36.1. The van der Waals surface area contributed by atoms with Crippen LogP contribution in [0.3, 0.4) is 0 Å². The standard InChI is InChI=1S/C40H82O/c1-5-7-9-11-13-15-17-19-21-23-25-27-29-31-33-39(3)35-37-41-38-36-40(4)34-32-30-28-26-24-22-20-18-16-14-12-10-8-6-2/h39-40H,5-38H2,1-4H3. The van der Waals surface area contributed by atoms with Gasteiger partial charge in [-0.3, -0.25) is 0 Å². The molecule has 2 atom stereocenters. The van der Waals surface area contributed by atoms with Gasteiger partial charge in [0.15, 0.2) is 0 Å². The Hall–Kier alpha value is -0.0400. The van der Waals surface area contributed by atoms with Crippen molar-refractivity contribution in [2.75, 3.05) is 13.2 Å². The minimum Gasteiger partial charge on any atom is -0.381 e. The fraction of sp³-hybridized carbons (Fsp3) is 1.00. The minimum absolute atomic E-state index is 0.834. The van der Waals surface area contributed by atoms with Crippen molar-refractivity contribution in [1.82, 2.24) is 0 Å². The number of unbranched alkanes of at least 4 members (excludes halogenated alkanes) is 26. The average Bonchev–Trinajstić information content (AvgIpc) is 2.97. The predicted octanol–water partition coefficient (Wildman–Crippen LogP) is 14.8. The third-order valence-corrected chi connectivity index (χ3v) is 9.61. The molecule has 0 bridgehead atoms. The zero-order valence-electron chi connectivity index (χ0n) is 29.6. The Kier molecular flexibility index (Phi) is 36.1. The predicted molar refractivity (Wildman–Crippen MR) is 188 cm³/mol. The van der Waals surface area contributed by atoms with Crippen molar-refractivity contribution >= 4 is 0 Å². The molecule has 0 aromatic rings. The molecule has 0 N–H and O–H groups in total. The quantitative estimate of drug-likeness (QED) is 0.0672. The summed E-state index contributed by atoms with van der Waals surface area (Å²) in [6.07, 6.45) is 46.0. The van der Waals surface area contributed by atoms with Crippen LogP contribution in [-0.4, -0.2) is 13.2 Å². The lowest BCUT2D eigenvalue weighted by Gasteiger charge is -2.14. The van der Waals surface area contributed by atoms with Gasteiger partial charge in [-0.2, -0.15) is 0 Å². The summed E-state index contributed by atoms with van der Waals surface area (Å²) in [4.78, 5) is 0. The first kappa shape index (κ1) is 41.0. The summed E-state index contributed by atoms with van der Waals surface area (Å²) in [6.45, 7) is 11.4. The van der Waals surface area contributed by atoms with E-state index in [0.717, 1.165) is 25.0 Å². The van der Waals surface area contributed by atoms with Gasteiger partial charge in [-0.05, 0) is 24.7 Å². The third-order valence-electron chi connectivity index (χ3n) is 9.61. The Labute approximate surface area is 262 Å². The first-order valence-corrected chi connectivity index (χ1v) is 19.8. The number of rotatable bonds is 36. The van der Waals surface area contributed by atoms with E-state index in [4.69, 9.17) is 4.74 Å². The maximum atomic E-state index is 6.02. The van der Waals surface area contributed by atoms with Crippen LogP contribution in [0.25, 0.3) is 0 Å². The normalized spacial score (nSPS) is 13.2. The highest BCUT2D eigenvalue weighted by atomic mass is 16.5. The molecule has 2 unspecified atom stereocenters. The molecule has 0 radical (unpaired) electrons. The SMILES string of the molecule is CCCCCCCCCCCCCCCCC(C)CCOCCC(C)CCCCCCCCCCCCCCCC. The topological polar surface area (TPSA) is 9.23 Å². The molecule has 1 nitrogen and oxygen atoms in total. The van der Waals surface area contributed by atoms with E-state index < -0.39 is 0 Å². The maximum absolute atomic E-state index is 6.02. The second kappa shape index (κ2) is 36.2. The van der Waals surface area contributed by atoms with Crippen molar-refractivity contribution in [2.24, 2.45) is 11.8 Å². The molecule has 0 saturated carbocycles. The van der Waals surface area contributed by atoms with Crippen LogP contribution in [0.1, 0.15) is 233 Å². The molecule has 1 heteroatoms. The van der Waals surface area contributed by atoms with Crippen LogP contribution in [0.2, 0.25) is 0 Å². The second-order valence-electron chi connectivity index (χ2n) is 14.2. The molecule has 0 fully saturated rings. The van der Waals surface area contributed by atoms with E-state index >= 15 is 0 Å². The molecule has 0 spiro atoms. The van der Waals surface area contributed by atoms with Crippen LogP contribution in [0, 0.1) is 11.8 Å². The Morgan fingerprint density at radius 3 is 0.756 bits per heavy atom. The second-order valence-corrected chi connectivity index (χ2v) is 14.2. The van der Waals surface area contributed by atoms with E-state index in [-0.39, 0.29) is 0 Å². The van der Waals surface area contributed by atoms with E-state index in [1.165, 1.54) is 205 Å². The van der Waals surface area contributed by atoms with Gasteiger partial charge in [0.05, 0.1) is 0 Å². The van der Waals surface area contributed by atoms with Crippen LogP contribution in [-0.2, 0) is 4.74 Å². The number of ether oxygens (including phenoxy) is 1. The minimum atomic E-state index is 0.834. The van der Waals surface area contributed by atoms with E-state index in [9.17, 15) is 0 Å². The lowest BCUT2D eigenvalue weighted by molar-refractivity contribution is 0.108. The molecular formula is C40H82O. The van der Waals surface area contributed by atoms with Gasteiger partial charge in [0, 0.05) is 13.2 Å². The summed E-state index contributed by atoms with van der Waals surface area (Å²) < 4.78 is 6.02. The van der Waals surface area contributed by atoms with Gasteiger partial charge >= 0.3 is 0 Å². The van der Waals surface area contributed by atoms with Gasteiger partial charge in [-0.1, -0.05) is 220 Å². The van der Waals surface area contributed by atoms with E-state index in [1.54, 1.807) is 0 Å². The highest BCUT2D eigenvalue weighted by Crippen LogP contribution is 2.18. The van der Waals surface area contributed by atoms with Crippen LogP contribution >= 0.6 is 0 Å². The molecule has 0 aromatic carbocycles. The zero-order chi connectivity index (χ0) is 29.9. The lowest BCUT2D eigenvalue weighted by Crippen LogP contribution is -2.06. The Balaban J connectivity index is 3.25. The average molecular weight is 579 g/mol. The highest BCUT2D eigenvalue weighted by molar-refractivity contribution is 4.57. The van der Waals surface area contributed by atoms with Crippen LogP contribution < -0.4 is 0 Å². The molecule has 0 amide bonds. The molecular weight excluding hydrogens is 496 g/mol. The molecule has 0 aliphatic heterocycles. The largest absolute Gasteiger partial charge is 0.381 e. The summed E-state index contributed by atoms with van der Waals surface area (Å²) in [6, 6.07) is 0. The van der Waals surface area contributed by atoms with Crippen molar-refractivity contribution in [3.63, 3.8) is 0 Å². The molecule has 0 heterocycles. The Morgan fingerprint density at radius 2 is 0.512 bits per heavy atom. The van der Waals surface area contributed by atoms with Crippen molar-refractivity contribution in [1.29, 1.82) is 0 Å². The fourth-order valence-corrected chi connectivity index (χ4v) is 6.33. The van der Waals surface area contributed by atoms with E-state index in [1.807, 2.05) is 0 Å². The number of hydrogen-bond acceptors (Lipinski definition) is 1. The molecule has 0 aliphatic carbocycles. The lowest BCUT2D eigenvalue weighted by atomic mass is 9.98. The maximum Gasteiger partial charge on any atom is 0.0468 e. The number of hydrogen-bond donors (Lipinski definition) is 0. The van der Waals surface area contributed by atoms with Gasteiger partial charge in [0.25, 0.3) is 0 Å². The first-order chi connectivity index (χ1) is 20.2. The van der Waals surface area contributed by atoms with Crippen LogP contribution in [0.15, 0.2) is 0 Å². The van der Waals surface area contributed by atoms with Gasteiger partial charge < -0.3 is 4.74 Å². The van der Waals surface area contributed by atoms with Gasteiger partial charge in [-0.15, -0.1) is 0 Å². The summed E-state index contributed by atoms with van der Waals surface area (Å²) >= 11 is 0. The van der Waals surface area contributed by atoms with Crippen LogP contribution in [0.4, 0.5) is 0 Å². The van der Waals surface area contributed by atoms with Gasteiger partial charge in [-0.25, -0.2) is 0 Å². The molecule has 248 valence electrons. The zero-order valence-corrected chi connectivity index (χ0v) is 29.6. The van der Waals surface area contributed by atoms with E-state index in [2.05, 4.69) is 27.7 Å². The Morgan fingerprint density at radius 1 is 0.293 bits per heavy atom. The molecule has 41 heavy (non-hydrogen) atoms. The molecule has 0 aliphatic rings. The molecule has 0 rings (SSSR count). The van der Waals surface area contributed by atoms with E-state index in [0.29, 0.717) is 0 Å². The van der Waals surface area contributed by atoms with Crippen molar-refractivity contribution in [3.05, 3.63) is 0 Å². The smallest absolute Gasteiger partial charge is 0.0468 e. The van der Waals surface area contributed by atoms with Crippen molar-refractivity contribution < 1.29 is 4.74 Å². The van der Waals surface area contributed by atoms with Crippen molar-refractivity contribution in [3.8, 4) is 0 Å². The molecule has 0 aromatic heterocycles. The summed E-state index contributed by atoms with van der Waals surface area (Å²) in [5.74, 6) is 1.67. The highest BCUT2D eigenvalue weighted by Gasteiger charge is 2.05. The first-order valence-electron chi connectivity index (χ1n) is 19.8. The summed E-state index contributed by atoms with van der Waals surface area (Å²) in [7, 11) is 0. The van der Waals surface area contributed by atoms with Gasteiger partial charge in [0.1, 0.15) is 0 Å². The summed E-state index contributed by atoms with van der Waals surface area (Å²) in [5, 5.41) is 0. The van der Waals surface area contributed by atoms with Crippen molar-refractivity contribution in [2.45, 2.75) is 233 Å². The monoisotopic (exact) mass is 579 g/mol. The molecule has 0 saturated heterocycles. The van der Waals surface area contributed by atoms with Gasteiger partial charge in [0.2, 0.25) is 0 Å². The Bertz CT molecular complexity index is 406. The van der Waals surface area contributed by atoms with Crippen LogP contribution in [0.5, 0.6) is 0 Å². The summed E-state index contributed by atoms with van der Waals surface area (Å²) in [5.41, 5.74) is 0.